The number of rotatable bonds is 5. The maximum atomic E-state index is 12.7. The van der Waals surface area contributed by atoms with Crippen LogP contribution in [0.3, 0.4) is 0 Å². The quantitative estimate of drug-likeness (QED) is 0.827. The number of pyridine rings is 1. The summed E-state index contributed by atoms with van der Waals surface area (Å²) in [5.41, 5.74) is 1.72. The molecule has 2 aliphatic rings. The van der Waals surface area contributed by atoms with Gasteiger partial charge < -0.3 is 14.7 Å². The number of piperidine rings is 1. The van der Waals surface area contributed by atoms with Crippen LogP contribution in [0.5, 0.6) is 5.75 Å². The number of likely N-dealkylation sites (tertiary alicyclic amines) is 1. The third-order valence-electron chi connectivity index (χ3n) is 5.97. The Balaban J connectivity index is 1.21. The van der Waals surface area contributed by atoms with Crippen LogP contribution in [0.2, 0.25) is 0 Å². The van der Waals surface area contributed by atoms with Crippen molar-refractivity contribution in [1.82, 2.24) is 20.1 Å². The largest absolute Gasteiger partial charge is 0.492 e. The number of amides is 1. The lowest BCUT2D eigenvalue weighted by Gasteiger charge is -2.35. The Kier molecular flexibility index (Phi) is 5.90. The number of aromatic amines is 1. The van der Waals surface area contributed by atoms with Crippen LogP contribution in [0.1, 0.15) is 38.5 Å². The molecule has 0 unspecified atom stereocenters. The lowest BCUT2D eigenvalue weighted by Crippen LogP contribution is -2.43. The first-order chi connectivity index (χ1) is 13.7. The molecular formula is C21H28N4O3. The van der Waals surface area contributed by atoms with E-state index in [2.05, 4.69) is 15.2 Å². The number of carbonyl (C=O) groups excluding carboxylic acids is 1. The minimum absolute atomic E-state index is 0.107. The van der Waals surface area contributed by atoms with Gasteiger partial charge in [-0.15, -0.1) is 0 Å². The molecular weight excluding hydrogens is 356 g/mol. The van der Waals surface area contributed by atoms with Crippen LogP contribution >= 0.6 is 0 Å². The summed E-state index contributed by atoms with van der Waals surface area (Å²) in [6.07, 6.45) is 8.34. The van der Waals surface area contributed by atoms with Gasteiger partial charge in [0.15, 0.2) is 0 Å². The molecule has 2 fully saturated rings. The molecule has 0 aromatic carbocycles. The zero-order chi connectivity index (χ0) is 19.3. The van der Waals surface area contributed by atoms with Crippen LogP contribution in [0, 0.1) is 11.8 Å². The van der Waals surface area contributed by atoms with E-state index < -0.39 is 0 Å². The molecule has 1 aliphatic carbocycles. The second-order valence-corrected chi connectivity index (χ2v) is 7.93. The normalized spacial score (nSPS) is 23.5. The van der Waals surface area contributed by atoms with E-state index in [-0.39, 0.29) is 17.9 Å². The van der Waals surface area contributed by atoms with E-state index in [1.807, 2.05) is 23.1 Å². The number of aliphatic hydroxyl groups excluding tert-OH is 1. The molecule has 1 saturated carbocycles. The zero-order valence-electron chi connectivity index (χ0n) is 16.1. The van der Waals surface area contributed by atoms with Crippen molar-refractivity contribution in [1.29, 1.82) is 0 Å². The van der Waals surface area contributed by atoms with Crippen LogP contribution in [0.25, 0.3) is 11.4 Å². The first-order valence-electron chi connectivity index (χ1n) is 10.2. The van der Waals surface area contributed by atoms with Gasteiger partial charge in [-0.25, -0.2) is 0 Å². The molecule has 1 saturated heterocycles. The Morgan fingerprint density at radius 3 is 2.57 bits per heavy atom. The Hall–Kier alpha value is -2.41. The van der Waals surface area contributed by atoms with Crippen molar-refractivity contribution in [2.45, 2.75) is 44.6 Å². The highest BCUT2D eigenvalue weighted by molar-refractivity contribution is 5.79. The van der Waals surface area contributed by atoms with E-state index in [0.29, 0.717) is 12.5 Å². The molecule has 4 rings (SSSR count). The fraction of sp³-hybridized carbons (Fsp3) is 0.571. The maximum absolute atomic E-state index is 12.7. The lowest BCUT2D eigenvalue weighted by atomic mass is 9.86. The summed E-state index contributed by atoms with van der Waals surface area (Å²) in [5, 5.41) is 16.5. The van der Waals surface area contributed by atoms with E-state index in [4.69, 9.17) is 4.74 Å². The molecule has 0 bridgehead atoms. The molecule has 1 amide bonds. The number of ether oxygens (including phenoxy) is 1. The number of hydrogen-bond acceptors (Lipinski definition) is 5. The van der Waals surface area contributed by atoms with Gasteiger partial charge in [0.2, 0.25) is 5.91 Å². The molecule has 7 nitrogen and oxygen atoms in total. The van der Waals surface area contributed by atoms with E-state index in [0.717, 1.165) is 68.8 Å². The van der Waals surface area contributed by atoms with E-state index in [9.17, 15) is 9.90 Å². The highest BCUT2D eigenvalue weighted by Gasteiger charge is 2.31. The van der Waals surface area contributed by atoms with Crippen molar-refractivity contribution >= 4 is 5.91 Å². The van der Waals surface area contributed by atoms with E-state index in [1.54, 1.807) is 12.4 Å². The molecule has 0 radical (unpaired) electrons. The minimum atomic E-state index is -0.213. The van der Waals surface area contributed by atoms with Gasteiger partial charge in [-0.2, -0.15) is 5.10 Å². The van der Waals surface area contributed by atoms with Crippen molar-refractivity contribution in [2.75, 3.05) is 19.7 Å². The minimum Gasteiger partial charge on any atom is -0.492 e. The molecule has 0 spiro atoms. The fourth-order valence-corrected chi connectivity index (χ4v) is 4.14. The first kappa shape index (κ1) is 18.9. The average molecular weight is 384 g/mol. The van der Waals surface area contributed by atoms with Crippen LogP contribution in [0.4, 0.5) is 0 Å². The summed E-state index contributed by atoms with van der Waals surface area (Å²) in [6.45, 7) is 2.27. The summed E-state index contributed by atoms with van der Waals surface area (Å²) in [7, 11) is 0. The topological polar surface area (TPSA) is 91.3 Å². The van der Waals surface area contributed by atoms with Gasteiger partial charge >= 0.3 is 0 Å². The summed E-state index contributed by atoms with van der Waals surface area (Å²) in [4.78, 5) is 19.1. The number of hydrogen-bond donors (Lipinski definition) is 2. The van der Waals surface area contributed by atoms with Crippen molar-refractivity contribution in [2.24, 2.45) is 11.8 Å². The predicted octanol–water partition coefficient (Wildman–Crippen LogP) is 2.64. The van der Waals surface area contributed by atoms with Crippen LogP contribution in [-0.2, 0) is 4.79 Å². The van der Waals surface area contributed by atoms with E-state index >= 15 is 0 Å². The molecule has 2 aromatic heterocycles. The van der Waals surface area contributed by atoms with Gasteiger partial charge in [0, 0.05) is 25.2 Å². The maximum Gasteiger partial charge on any atom is 0.225 e. The van der Waals surface area contributed by atoms with Gasteiger partial charge in [-0.3, -0.25) is 14.9 Å². The predicted molar refractivity (Wildman–Crippen MR) is 105 cm³/mol. The smallest absolute Gasteiger partial charge is 0.225 e. The van der Waals surface area contributed by atoms with Gasteiger partial charge in [0.05, 0.1) is 30.3 Å². The molecule has 0 atom stereocenters. The molecule has 3 heterocycles. The lowest BCUT2D eigenvalue weighted by molar-refractivity contribution is -0.138. The molecule has 2 N–H and O–H groups in total. The SMILES string of the molecule is O=C(C1CCC(O)CC1)N1CCC(COc2ccc(-c3ccn[nH]3)nc2)CC1. The molecule has 2 aromatic rings. The highest BCUT2D eigenvalue weighted by atomic mass is 16.5. The Morgan fingerprint density at radius 2 is 1.93 bits per heavy atom. The monoisotopic (exact) mass is 384 g/mol. The number of aromatic nitrogens is 3. The second kappa shape index (κ2) is 8.73. The molecule has 150 valence electrons. The number of carbonyl (C=O) groups is 1. The van der Waals surface area contributed by atoms with Crippen LogP contribution in [0.15, 0.2) is 30.6 Å². The first-order valence-corrected chi connectivity index (χ1v) is 10.2. The third kappa shape index (κ3) is 4.52. The van der Waals surface area contributed by atoms with Gasteiger partial charge in [0.25, 0.3) is 0 Å². The van der Waals surface area contributed by atoms with Crippen LogP contribution in [-0.4, -0.2) is 56.9 Å². The van der Waals surface area contributed by atoms with E-state index in [1.165, 1.54) is 0 Å². The standard InChI is InChI=1S/C21H28N4O3/c26-17-3-1-16(2-4-17)21(27)25-11-8-15(9-12-25)14-28-18-5-6-19(22-13-18)20-7-10-23-24-20/h5-7,10,13,15-17,26H,1-4,8-9,11-12,14H2,(H,23,24). The average Bonchev–Trinajstić information content (AvgIpc) is 3.28. The number of nitrogens with one attached hydrogen (secondary N) is 1. The Morgan fingerprint density at radius 1 is 1.14 bits per heavy atom. The number of H-pyrrole nitrogens is 1. The molecule has 1 aliphatic heterocycles. The van der Waals surface area contributed by atoms with Crippen molar-refractivity contribution < 1.29 is 14.6 Å². The zero-order valence-corrected chi connectivity index (χ0v) is 16.1. The van der Waals surface area contributed by atoms with Gasteiger partial charge in [-0.1, -0.05) is 0 Å². The summed E-state index contributed by atoms with van der Waals surface area (Å²) >= 11 is 0. The summed E-state index contributed by atoms with van der Waals surface area (Å²) in [6, 6.07) is 5.73. The van der Waals surface area contributed by atoms with Gasteiger partial charge in [-0.05, 0) is 62.6 Å². The fourth-order valence-electron chi connectivity index (χ4n) is 4.14. The summed E-state index contributed by atoms with van der Waals surface area (Å²) < 4.78 is 5.92. The molecule has 7 heteroatoms. The van der Waals surface area contributed by atoms with Crippen molar-refractivity contribution in [3.05, 3.63) is 30.6 Å². The van der Waals surface area contributed by atoms with Crippen LogP contribution < -0.4 is 4.74 Å². The summed E-state index contributed by atoms with van der Waals surface area (Å²) in [5.74, 6) is 1.62. The highest BCUT2D eigenvalue weighted by Crippen LogP contribution is 2.28. The van der Waals surface area contributed by atoms with Crippen molar-refractivity contribution in [3.63, 3.8) is 0 Å². The Labute approximate surface area is 165 Å². The number of aliphatic hydroxyl groups is 1. The third-order valence-corrected chi connectivity index (χ3v) is 5.97. The number of nitrogens with zero attached hydrogens (tertiary/aromatic N) is 3. The van der Waals surface area contributed by atoms with Gasteiger partial charge in [0.1, 0.15) is 5.75 Å². The Bertz CT molecular complexity index is 746. The molecule has 28 heavy (non-hydrogen) atoms. The van der Waals surface area contributed by atoms with Crippen molar-refractivity contribution in [3.8, 4) is 17.1 Å². The second-order valence-electron chi connectivity index (χ2n) is 7.93.